The van der Waals surface area contributed by atoms with Gasteiger partial charge >= 0.3 is 0 Å². The normalized spacial score (nSPS) is 11.5. The second kappa shape index (κ2) is 24.7. The Hall–Kier alpha value is -13.0. The van der Waals surface area contributed by atoms with Crippen LogP contribution in [-0.4, -0.2) is 0 Å². The van der Waals surface area contributed by atoms with Gasteiger partial charge in [-0.2, -0.15) is 0 Å². The summed E-state index contributed by atoms with van der Waals surface area (Å²) in [5, 5.41) is 14.0. The smallest absolute Gasteiger partial charge is 0.143 e. The second-order valence-electron chi connectivity index (χ2n) is 25.1. The number of rotatable bonds is 11. The standard InChI is InChI=1S/C50H33NO.C44H29NO/c1-3-10-34(11-4-1)36-20-25-42(26-21-36)51(43-27-22-37(23-28-43)40-15-9-14-39(32-40)35-12-5-2-6-13-35)44-29-31-45-41(33-44)19-18-38-24-30-47-46-16-7-8-17-48(46)52-50(47)49(38)45;1-3-10-30(11-4-1)33-12-9-13-34(28-33)31-20-23-37(24-21-31)45(36-14-5-2-6-15-36)38-25-27-39-35(29-38)19-18-32-22-26-41-40-16-7-8-17-42(40)46-44(41)43(32)39/h1-33H;1-29H. The first kappa shape index (κ1) is 57.6. The fourth-order valence-electron chi connectivity index (χ4n) is 14.4. The number of para-hydroxylation sites is 3. The van der Waals surface area contributed by atoms with Gasteiger partial charge in [-0.3, -0.25) is 0 Å². The van der Waals surface area contributed by atoms with Crippen molar-refractivity contribution in [2.45, 2.75) is 0 Å². The van der Waals surface area contributed by atoms with Crippen LogP contribution in [0.25, 0.3) is 143 Å². The van der Waals surface area contributed by atoms with Gasteiger partial charge in [0.25, 0.3) is 0 Å². The van der Waals surface area contributed by atoms with Crippen molar-refractivity contribution >= 4 is 121 Å². The van der Waals surface area contributed by atoms with Gasteiger partial charge in [-0.25, -0.2) is 0 Å². The van der Waals surface area contributed by atoms with Gasteiger partial charge in [0.1, 0.15) is 22.3 Å². The zero-order valence-corrected chi connectivity index (χ0v) is 53.5. The average molecular weight is 1250 g/mol. The number of hydrogen-bond acceptors (Lipinski definition) is 4. The molecule has 0 atom stereocenters. The van der Waals surface area contributed by atoms with E-state index in [2.05, 4.69) is 368 Å². The predicted molar refractivity (Wildman–Crippen MR) is 414 cm³/mol. The number of benzene rings is 17. The van der Waals surface area contributed by atoms with Gasteiger partial charge in [0.2, 0.25) is 0 Å². The van der Waals surface area contributed by atoms with E-state index in [1.807, 2.05) is 18.2 Å². The first-order valence-corrected chi connectivity index (χ1v) is 33.4. The summed E-state index contributed by atoms with van der Waals surface area (Å²) in [6.07, 6.45) is 0. The van der Waals surface area contributed by atoms with Gasteiger partial charge in [-0.15, -0.1) is 0 Å². The van der Waals surface area contributed by atoms with Crippen molar-refractivity contribution in [3.63, 3.8) is 0 Å². The summed E-state index contributed by atoms with van der Waals surface area (Å²) in [7, 11) is 0. The highest BCUT2D eigenvalue weighted by atomic mass is 16.3. The number of nitrogens with zero attached hydrogens (tertiary/aromatic N) is 2. The molecule has 0 radical (unpaired) electrons. The van der Waals surface area contributed by atoms with E-state index in [9.17, 15) is 0 Å². The maximum Gasteiger partial charge on any atom is 0.143 e. The molecule has 0 amide bonds. The van der Waals surface area contributed by atoms with E-state index in [0.29, 0.717) is 0 Å². The van der Waals surface area contributed by atoms with Gasteiger partial charge in [-0.05, 0) is 197 Å². The van der Waals surface area contributed by atoms with E-state index in [1.54, 1.807) is 0 Å². The summed E-state index contributed by atoms with van der Waals surface area (Å²) >= 11 is 0. The SMILES string of the molecule is c1ccc(-c2ccc(N(c3ccc(-c4cccc(-c5ccccc5)c4)cc3)c3ccc4c(ccc5ccc6c7ccccc7oc6c54)c3)cc2)cc1.c1ccc(-c2cccc(-c3ccc(N(c4ccccc4)c4ccc5c(ccc6ccc7c8ccccc8oc7c65)c4)cc3)c2)cc1. The van der Waals surface area contributed by atoms with E-state index >= 15 is 0 Å². The van der Waals surface area contributed by atoms with Crippen LogP contribution in [0.4, 0.5) is 34.1 Å². The van der Waals surface area contributed by atoms with Crippen molar-refractivity contribution in [3.8, 4) is 55.6 Å². The molecule has 4 nitrogen and oxygen atoms in total. The van der Waals surface area contributed by atoms with Crippen LogP contribution in [0, 0.1) is 0 Å². The lowest BCUT2D eigenvalue weighted by atomic mass is 9.98. The number of anilines is 6. The Balaban J connectivity index is 0.000000143. The molecule has 0 aliphatic heterocycles. The molecule has 0 spiro atoms. The molecule has 0 aliphatic rings. The van der Waals surface area contributed by atoms with Gasteiger partial charge in [0, 0.05) is 66.4 Å². The van der Waals surface area contributed by atoms with E-state index in [-0.39, 0.29) is 0 Å². The van der Waals surface area contributed by atoms with Crippen molar-refractivity contribution in [3.05, 3.63) is 376 Å². The summed E-state index contributed by atoms with van der Waals surface area (Å²) < 4.78 is 13.0. The highest BCUT2D eigenvalue weighted by molar-refractivity contribution is 6.25. The fraction of sp³-hybridized carbons (Fsp3) is 0. The minimum atomic E-state index is 0.916. The lowest BCUT2D eigenvalue weighted by Crippen LogP contribution is -2.09. The van der Waals surface area contributed by atoms with Crippen molar-refractivity contribution in [1.82, 2.24) is 0 Å². The Kier molecular flexibility index (Phi) is 14.5. The van der Waals surface area contributed by atoms with Gasteiger partial charge in [0.15, 0.2) is 0 Å². The van der Waals surface area contributed by atoms with Crippen molar-refractivity contribution in [1.29, 1.82) is 0 Å². The molecule has 0 fully saturated rings. The zero-order chi connectivity index (χ0) is 64.9. The van der Waals surface area contributed by atoms with Gasteiger partial charge < -0.3 is 18.6 Å². The summed E-state index contributed by atoms with van der Waals surface area (Å²) in [6.45, 7) is 0. The Morgan fingerprint density at radius 2 is 0.439 bits per heavy atom. The van der Waals surface area contributed by atoms with Crippen LogP contribution in [-0.2, 0) is 0 Å². The zero-order valence-electron chi connectivity index (χ0n) is 53.5. The maximum atomic E-state index is 6.51. The van der Waals surface area contributed by atoms with Gasteiger partial charge in [-0.1, -0.05) is 267 Å². The third-order valence-corrected chi connectivity index (χ3v) is 19.3. The predicted octanol–water partition coefficient (Wildman–Crippen LogP) is 27.1. The topological polar surface area (TPSA) is 32.8 Å². The van der Waals surface area contributed by atoms with Crippen LogP contribution in [0.5, 0.6) is 0 Å². The third kappa shape index (κ3) is 10.6. The molecule has 0 aliphatic carbocycles. The van der Waals surface area contributed by atoms with Crippen molar-refractivity contribution in [2.75, 3.05) is 9.80 Å². The Labute approximate surface area is 568 Å². The molecule has 98 heavy (non-hydrogen) atoms. The molecular formula is C94H62N2O2. The van der Waals surface area contributed by atoms with E-state index < -0.39 is 0 Å². The molecule has 17 aromatic carbocycles. The van der Waals surface area contributed by atoms with Crippen molar-refractivity contribution < 1.29 is 8.83 Å². The van der Waals surface area contributed by atoms with Crippen LogP contribution < -0.4 is 9.80 Å². The molecule has 19 rings (SSSR count). The van der Waals surface area contributed by atoms with Crippen LogP contribution in [0.1, 0.15) is 0 Å². The molecule has 2 heterocycles. The number of fused-ring (bicyclic) bond motifs is 14. The highest BCUT2D eigenvalue weighted by Crippen LogP contribution is 2.45. The van der Waals surface area contributed by atoms with Crippen LogP contribution in [0.2, 0.25) is 0 Å². The first-order chi connectivity index (χ1) is 48.6. The molecular weight excluding hydrogens is 1190 g/mol. The summed E-state index contributed by atoms with van der Waals surface area (Å²) in [5.74, 6) is 0. The molecule has 0 saturated carbocycles. The van der Waals surface area contributed by atoms with Crippen molar-refractivity contribution in [2.24, 2.45) is 0 Å². The lowest BCUT2D eigenvalue weighted by molar-refractivity contribution is 0.672. The first-order valence-electron chi connectivity index (χ1n) is 33.4. The molecule has 0 N–H and O–H groups in total. The molecule has 19 aromatic rings. The molecule has 0 unspecified atom stereocenters. The maximum absolute atomic E-state index is 6.51. The largest absolute Gasteiger partial charge is 0.455 e. The summed E-state index contributed by atoms with van der Waals surface area (Å²) in [6, 6.07) is 134. The molecule has 4 heteroatoms. The van der Waals surface area contributed by atoms with Crippen LogP contribution >= 0.6 is 0 Å². The lowest BCUT2D eigenvalue weighted by Gasteiger charge is -2.26. The Morgan fingerprint density at radius 1 is 0.163 bits per heavy atom. The van der Waals surface area contributed by atoms with Crippen LogP contribution in [0.3, 0.4) is 0 Å². The van der Waals surface area contributed by atoms with E-state index in [1.165, 1.54) is 88.0 Å². The molecule has 0 saturated heterocycles. The quantitative estimate of drug-likeness (QED) is 0.121. The molecule has 0 bridgehead atoms. The van der Waals surface area contributed by atoms with E-state index in [4.69, 9.17) is 8.83 Å². The number of furan rings is 2. The second-order valence-corrected chi connectivity index (χ2v) is 25.1. The fourth-order valence-corrected chi connectivity index (χ4v) is 14.4. The Bertz CT molecular complexity index is 6140. The average Bonchev–Trinajstić information content (AvgIpc) is 1.50. The van der Waals surface area contributed by atoms with E-state index in [0.717, 1.165) is 88.8 Å². The third-order valence-electron chi connectivity index (χ3n) is 19.3. The van der Waals surface area contributed by atoms with Crippen LogP contribution in [0.15, 0.2) is 385 Å². The summed E-state index contributed by atoms with van der Waals surface area (Å²) in [4.78, 5) is 4.68. The number of hydrogen-bond donors (Lipinski definition) is 0. The van der Waals surface area contributed by atoms with Gasteiger partial charge in [0.05, 0.1) is 0 Å². The minimum Gasteiger partial charge on any atom is -0.455 e. The molecule has 2 aromatic heterocycles. The Morgan fingerprint density at radius 3 is 0.837 bits per heavy atom. The highest BCUT2D eigenvalue weighted by Gasteiger charge is 2.20. The molecule has 460 valence electrons. The summed E-state index contributed by atoms with van der Waals surface area (Å²) in [5.41, 5.74) is 22.4. The minimum absolute atomic E-state index is 0.916. The monoisotopic (exact) mass is 1250 g/mol.